The van der Waals surface area contributed by atoms with Crippen LogP contribution < -0.4 is 0 Å². The normalized spacial score (nSPS) is 11.7. The zero-order chi connectivity index (χ0) is 36.3. The first-order valence-corrected chi connectivity index (χ1v) is 19.0. The van der Waals surface area contributed by atoms with Crippen molar-refractivity contribution in [2.45, 2.75) is 6.42 Å². The van der Waals surface area contributed by atoms with Crippen LogP contribution >= 0.6 is 0 Å². The van der Waals surface area contributed by atoms with E-state index in [1.54, 1.807) is 0 Å². The molecule has 2 aromatic heterocycles. The van der Waals surface area contributed by atoms with Gasteiger partial charge in [-0.25, -0.2) is 0 Å². The van der Waals surface area contributed by atoms with Crippen LogP contribution in [0.1, 0.15) is 11.1 Å². The molecule has 0 aliphatic carbocycles. The van der Waals surface area contributed by atoms with Crippen molar-refractivity contribution in [2.24, 2.45) is 0 Å². The minimum atomic E-state index is 0.804. The van der Waals surface area contributed by atoms with Gasteiger partial charge in [0.15, 0.2) is 0 Å². The maximum atomic E-state index is 6.49. The quantitative estimate of drug-likeness (QED) is 0.169. The van der Waals surface area contributed by atoms with E-state index in [0.717, 1.165) is 23.3 Å². The number of fused-ring (bicyclic) bond motifs is 8. The van der Waals surface area contributed by atoms with Gasteiger partial charge in [0.25, 0.3) is 0 Å². The molecule has 0 N–H and O–H groups in total. The molecule has 2 heterocycles. The zero-order valence-electron chi connectivity index (χ0n) is 30.1. The monoisotopic (exact) mass is 701 g/mol. The molecule has 0 aliphatic rings. The van der Waals surface area contributed by atoms with Crippen LogP contribution in [0, 0.1) is 0 Å². The number of para-hydroxylation sites is 2. The van der Waals surface area contributed by atoms with E-state index in [-0.39, 0.29) is 0 Å². The number of furan rings is 1. The minimum Gasteiger partial charge on any atom is -0.456 e. The summed E-state index contributed by atoms with van der Waals surface area (Å²) in [5, 5.41) is 7.37. The summed E-state index contributed by atoms with van der Waals surface area (Å²) in [5.74, 6) is 0. The first-order valence-electron chi connectivity index (χ1n) is 19.0. The first-order chi connectivity index (χ1) is 27.2. The van der Waals surface area contributed by atoms with Gasteiger partial charge in [-0.2, -0.15) is 0 Å². The van der Waals surface area contributed by atoms with Crippen molar-refractivity contribution in [3.05, 3.63) is 211 Å². The lowest BCUT2D eigenvalue weighted by molar-refractivity contribution is 0.664. The lowest BCUT2D eigenvalue weighted by atomic mass is 9.95. The lowest BCUT2D eigenvalue weighted by Gasteiger charge is -2.10. The van der Waals surface area contributed by atoms with Crippen LogP contribution in [-0.4, -0.2) is 4.57 Å². The molecule has 2 nitrogen and oxygen atoms in total. The molecule has 0 unspecified atom stereocenters. The summed E-state index contributed by atoms with van der Waals surface area (Å²) in [6.07, 6.45) is 0.804. The van der Waals surface area contributed by atoms with Crippen LogP contribution in [0.3, 0.4) is 0 Å². The molecular formula is C53H35NO. The molecular weight excluding hydrogens is 667 g/mol. The molecule has 0 spiro atoms. The average Bonchev–Trinajstić information content (AvgIpc) is 3.81. The van der Waals surface area contributed by atoms with Gasteiger partial charge in [-0.05, 0) is 92.2 Å². The Kier molecular flexibility index (Phi) is 7.28. The van der Waals surface area contributed by atoms with Crippen LogP contribution in [-0.2, 0) is 6.42 Å². The summed E-state index contributed by atoms with van der Waals surface area (Å²) >= 11 is 0. The summed E-state index contributed by atoms with van der Waals surface area (Å²) in [4.78, 5) is 0. The second-order valence-corrected chi connectivity index (χ2v) is 14.5. The number of rotatable bonds is 6. The highest BCUT2D eigenvalue weighted by Gasteiger charge is 2.16. The summed E-state index contributed by atoms with van der Waals surface area (Å²) in [6.45, 7) is 0. The molecule has 0 bridgehead atoms. The number of benzene rings is 9. The zero-order valence-corrected chi connectivity index (χ0v) is 30.1. The van der Waals surface area contributed by atoms with Gasteiger partial charge in [0.05, 0.1) is 11.0 Å². The highest BCUT2D eigenvalue weighted by molar-refractivity contribution is 6.19. The highest BCUT2D eigenvalue weighted by atomic mass is 16.3. The molecule has 11 aromatic rings. The van der Waals surface area contributed by atoms with E-state index in [0.29, 0.717) is 0 Å². The molecule has 0 aliphatic heterocycles. The maximum absolute atomic E-state index is 6.49. The fourth-order valence-corrected chi connectivity index (χ4v) is 8.53. The SMILES string of the molecule is c1ccc(-c2ccc(-n3c4ccccc4c4cc(-c5ccc(-c6ccc(Cc7cc8ccccc8c8c7oc7ccccc78)cc6)cc5)ccc43)cc2)cc1. The van der Waals surface area contributed by atoms with Crippen molar-refractivity contribution in [3.63, 3.8) is 0 Å². The molecule has 0 atom stereocenters. The third-order valence-corrected chi connectivity index (χ3v) is 11.3. The van der Waals surface area contributed by atoms with Gasteiger partial charge < -0.3 is 8.98 Å². The van der Waals surface area contributed by atoms with E-state index in [1.807, 2.05) is 6.07 Å². The Morgan fingerprint density at radius 3 is 1.69 bits per heavy atom. The van der Waals surface area contributed by atoms with E-state index in [2.05, 4.69) is 199 Å². The molecule has 9 aromatic carbocycles. The molecule has 11 rings (SSSR count). The predicted molar refractivity (Wildman–Crippen MR) is 231 cm³/mol. The summed E-state index contributed by atoms with van der Waals surface area (Å²) < 4.78 is 8.87. The molecule has 2 heteroatoms. The second kappa shape index (κ2) is 12.8. The minimum absolute atomic E-state index is 0.804. The van der Waals surface area contributed by atoms with Crippen molar-refractivity contribution in [1.29, 1.82) is 0 Å². The van der Waals surface area contributed by atoms with Gasteiger partial charge >= 0.3 is 0 Å². The van der Waals surface area contributed by atoms with Crippen LogP contribution in [0.25, 0.3) is 93.6 Å². The Hall–Kier alpha value is -7.16. The predicted octanol–water partition coefficient (Wildman–Crippen LogP) is 14.4. The Labute approximate surface area is 319 Å². The highest BCUT2D eigenvalue weighted by Crippen LogP contribution is 2.39. The van der Waals surface area contributed by atoms with Gasteiger partial charge in [-0.15, -0.1) is 0 Å². The maximum Gasteiger partial charge on any atom is 0.139 e. The third kappa shape index (κ3) is 5.34. The first kappa shape index (κ1) is 31.4. The molecule has 0 saturated heterocycles. The fourth-order valence-electron chi connectivity index (χ4n) is 8.53. The van der Waals surface area contributed by atoms with Crippen molar-refractivity contribution >= 4 is 54.5 Å². The van der Waals surface area contributed by atoms with Crippen molar-refractivity contribution in [2.75, 3.05) is 0 Å². The molecule has 0 saturated carbocycles. The standard InChI is InChI=1S/C53H35NO/c1-2-10-36(11-3-1)39-26-29-44(30-27-39)54-49-16-8-6-14-46(49)48-34-41(28-31-50(48)54)40-24-22-38(23-25-40)37-20-18-35(19-21-37)32-43-33-42-12-4-5-13-45(42)52-47-15-7-9-17-51(47)55-53(43)52/h1-31,33-34H,32H2. The van der Waals surface area contributed by atoms with Gasteiger partial charge in [-0.3, -0.25) is 0 Å². The number of hydrogen-bond acceptors (Lipinski definition) is 1. The van der Waals surface area contributed by atoms with Crippen molar-refractivity contribution in [3.8, 4) is 39.1 Å². The number of nitrogens with zero attached hydrogens (tertiary/aromatic N) is 1. The van der Waals surface area contributed by atoms with Crippen LogP contribution in [0.5, 0.6) is 0 Å². The van der Waals surface area contributed by atoms with Gasteiger partial charge in [0.1, 0.15) is 11.2 Å². The van der Waals surface area contributed by atoms with E-state index >= 15 is 0 Å². The van der Waals surface area contributed by atoms with Crippen LogP contribution in [0.2, 0.25) is 0 Å². The summed E-state index contributed by atoms with van der Waals surface area (Å²) in [7, 11) is 0. The average molecular weight is 702 g/mol. The summed E-state index contributed by atoms with van der Waals surface area (Å²) in [5.41, 5.74) is 15.3. The Morgan fingerprint density at radius 1 is 0.382 bits per heavy atom. The van der Waals surface area contributed by atoms with Gasteiger partial charge in [-0.1, -0.05) is 158 Å². The topological polar surface area (TPSA) is 18.1 Å². The molecule has 258 valence electrons. The summed E-state index contributed by atoms with van der Waals surface area (Å²) in [6, 6.07) is 72.4. The number of hydrogen-bond donors (Lipinski definition) is 0. The fraction of sp³-hybridized carbons (Fsp3) is 0.0189. The van der Waals surface area contributed by atoms with Gasteiger partial charge in [0.2, 0.25) is 0 Å². The Bertz CT molecular complexity index is 3180. The number of aromatic nitrogens is 1. The molecule has 0 radical (unpaired) electrons. The second-order valence-electron chi connectivity index (χ2n) is 14.5. The van der Waals surface area contributed by atoms with Crippen LogP contribution in [0.4, 0.5) is 0 Å². The third-order valence-electron chi connectivity index (χ3n) is 11.3. The molecule has 0 fully saturated rings. The van der Waals surface area contributed by atoms with Crippen LogP contribution in [0.15, 0.2) is 205 Å². The largest absolute Gasteiger partial charge is 0.456 e. The Balaban J connectivity index is 0.884. The van der Waals surface area contributed by atoms with E-state index in [1.165, 1.54) is 87.9 Å². The van der Waals surface area contributed by atoms with Crippen molar-refractivity contribution < 1.29 is 4.42 Å². The molecule has 55 heavy (non-hydrogen) atoms. The molecule has 0 amide bonds. The van der Waals surface area contributed by atoms with Crippen molar-refractivity contribution in [1.82, 2.24) is 4.57 Å². The van der Waals surface area contributed by atoms with E-state index in [4.69, 9.17) is 4.42 Å². The lowest BCUT2D eigenvalue weighted by Crippen LogP contribution is -1.93. The van der Waals surface area contributed by atoms with Gasteiger partial charge in [0, 0.05) is 39.2 Å². The van der Waals surface area contributed by atoms with E-state index < -0.39 is 0 Å². The smallest absolute Gasteiger partial charge is 0.139 e. The van der Waals surface area contributed by atoms with E-state index in [9.17, 15) is 0 Å². The Morgan fingerprint density at radius 2 is 0.927 bits per heavy atom.